The van der Waals surface area contributed by atoms with Crippen molar-refractivity contribution >= 4 is 32.3 Å². The first-order valence-corrected chi connectivity index (χ1v) is 14.5. The van der Waals surface area contributed by atoms with E-state index in [0.717, 1.165) is 0 Å². The molecule has 0 N–H and O–H groups in total. The third kappa shape index (κ3) is 4.08. The second kappa shape index (κ2) is 10.2. The van der Waals surface area contributed by atoms with Crippen LogP contribution in [0.2, 0.25) is 0 Å². The summed E-state index contributed by atoms with van der Waals surface area (Å²) in [4.78, 5) is 0. The van der Waals surface area contributed by atoms with Gasteiger partial charge in [0.2, 0.25) is 0 Å². The van der Waals surface area contributed by atoms with Gasteiger partial charge in [-0.1, -0.05) is 158 Å². The first-order valence-electron chi connectivity index (χ1n) is 14.5. The molecule has 196 valence electrons. The van der Waals surface area contributed by atoms with Crippen LogP contribution >= 0.6 is 0 Å². The van der Waals surface area contributed by atoms with Crippen molar-refractivity contribution in [2.45, 2.75) is 0 Å². The summed E-state index contributed by atoms with van der Waals surface area (Å²) < 4.78 is 0. The Labute approximate surface area is 246 Å². The summed E-state index contributed by atoms with van der Waals surface area (Å²) in [5, 5.41) is 7.61. The molecule has 0 aromatic heterocycles. The van der Waals surface area contributed by atoms with Crippen molar-refractivity contribution in [3.63, 3.8) is 0 Å². The van der Waals surface area contributed by atoms with Crippen molar-refractivity contribution in [1.29, 1.82) is 0 Å². The standard InChI is InChI=1S/C42H28/c1-3-13-29(14-4-1)32-18-11-19-34(27-32)41-35-20-7-9-22-37(35)42(38-23-10-8-21-36(38)41)39-24-12-17-31-25-26-33(28-40(31)39)30-15-5-2-6-16-30/h1-28H. The number of benzene rings is 8. The van der Waals surface area contributed by atoms with Crippen molar-refractivity contribution in [3.8, 4) is 44.5 Å². The van der Waals surface area contributed by atoms with E-state index in [9.17, 15) is 0 Å². The third-order valence-electron chi connectivity index (χ3n) is 8.45. The summed E-state index contributed by atoms with van der Waals surface area (Å²) >= 11 is 0. The minimum absolute atomic E-state index is 1.23. The van der Waals surface area contributed by atoms with E-state index in [2.05, 4.69) is 170 Å². The lowest BCUT2D eigenvalue weighted by atomic mass is 9.84. The van der Waals surface area contributed by atoms with Crippen LogP contribution in [-0.2, 0) is 0 Å². The van der Waals surface area contributed by atoms with E-state index in [1.54, 1.807) is 0 Å². The molecule has 0 heterocycles. The summed E-state index contributed by atoms with van der Waals surface area (Å²) in [6.07, 6.45) is 0. The molecule has 8 aromatic rings. The molecule has 0 bridgehead atoms. The first kappa shape index (κ1) is 24.3. The van der Waals surface area contributed by atoms with E-state index < -0.39 is 0 Å². The molecule has 0 saturated carbocycles. The zero-order chi connectivity index (χ0) is 27.9. The smallest absolute Gasteiger partial charge is 0.00201 e. The third-order valence-corrected chi connectivity index (χ3v) is 8.45. The van der Waals surface area contributed by atoms with Gasteiger partial charge in [-0.05, 0) is 89.0 Å². The molecule has 0 fully saturated rings. The van der Waals surface area contributed by atoms with Crippen molar-refractivity contribution in [3.05, 3.63) is 170 Å². The Kier molecular flexibility index (Phi) is 5.90. The summed E-state index contributed by atoms with van der Waals surface area (Å²) in [7, 11) is 0. The van der Waals surface area contributed by atoms with Crippen LogP contribution in [0.1, 0.15) is 0 Å². The Morgan fingerprint density at radius 3 is 1.33 bits per heavy atom. The van der Waals surface area contributed by atoms with Crippen molar-refractivity contribution in [1.82, 2.24) is 0 Å². The van der Waals surface area contributed by atoms with E-state index in [4.69, 9.17) is 0 Å². The van der Waals surface area contributed by atoms with Gasteiger partial charge in [-0.25, -0.2) is 0 Å². The van der Waals surface area contributed by atoms with Crippen LogP contribution in [0.4, 0.5) is 0 Å². The quantitative estimate of drug-likeness (QED) is 0.198. The van der Waals surface area contributed by atoms with Gasteiger partial charge in [0.15, 0.2) is 0 Å². The van der Waals surface area contributed by atoms with Crippen LogP contribution in [0, 0.1) is 0 Å². The van der Waals surface area contributed by atoms with Gasteiger partial charge in [0.1, 0.15) is 0 Å². The molecule has 0 aliphatic heterocycles. The highest BCUT2D eigenvalue weighted by molar-refractivity contribution is 6.23. The highest BCUT2D eigenvalue weighted by Gasteiger charge is 2.18. The van der Waals surface area contributed by atoms with Crippen LogP contribution < -0.4 is 0 Å². The molecule has 42 heavy (non-hydrogen) atoms. The molecule has 0 heteroatoms. The number of fused-ring (bicyclic) bond motifs is 3. The van der Waals surface area contributed by atoms with Gasteiger partial charge in [-0.15, -0.1) is 0 Å². The Bertz CT molecular complexity index is 2170. The van der Waals surface area contributed by atoms with Gasteiger partial charge in [0, 0.05) is 0 Å². The van der Waals surface area contributed by atoms with Gasteiger partial charge in [0.25, 0.3) is 0 Å². The maximum atomic E-state index is 2.36. The SMILES string of the molecule is c1ccc(-c2cccc(-c3c4ccccc4c(-c4cccc5ccc(-c6ccccc6)cc45)c4ccccc34)c2)cc1. The zero-order valence-electron chi connectivity index (χ0n) is 23.2. The maximum absolute atomic E-state index is 2.36. The summed E-state index contributed by atoms with van der Waals surface area (Å²) in [5.41, 5.74) is 10.0. The van der Waals surface area contributed by atoms with Gasteiger partial charge >= 0.3 is 0 Å². The van der Waals surface area contributed by atoms with Gasteiger partial charge in [0.05, 0.1) is 0 Å². The summed E-state index contributed by atoms with van der Waals surface area (Å²) in [6.45, 7) is 0. The Balaban J connectivity index is 1.44. The lowest BCUT2D eigenvalue weighted by molar-refractivity contribution is 1.61. The van der Waals surface area contributed by atoms with Crippen LogP contribution in [0.15, 0.2) is 170 Å². The highest BCUT2D eigenvalue weighted by Crippen LogP contribution is 2.46. The zero-order valence-corrected chi connectivity index (χ0v) is 23.2. The molecule has 8 aromatic carbocycles. The minimum atomic E-state index is 1.23. The molecule has 0 aliphatic carbocycles. The van der Waals surface area contributed by atoms with Gasteiger partial charge in [-0.2, -0.15) is 0 Å². The predicted molar refractivity (Wildman–Crippen MR) is 181 cm³/mol. The summed E-state index contributed by atoms with van der Waals surface area (Å²) in [5.74, 6) is 0. The fourth-order valence-corrected chi connectivity index (χ4v) is 6.52. The molecule has 0 amide bonds. The average molecular weight is 533 g/mol. The van der Waals surface area contributed by atoms with Crippen LogP contribution in [-0.4, -0.2) is 0 Å². The molecular formula is C42H28. The lowest BCUT2D eigenvalue weighted by Gasteiger charge is -2.19. The monoisotopic (exact) mass is 532 g/mol. The number of hydrogen-bond donors (Lipinski definition) is 0. The van der Waals surface area contributed by atoms with Crippen LogP contribution in [0.5, 0.6) is 0 Å². The van der Waals surface area contributed by atoms with Crippen LogP contribution in [0.25, 0.3) is 76.8 Å². The average Bonchev–Trinajstić information content (AvgIpc) is 3.07. The Morgan fingerprint density at radius 1 is 0.238 bits per heavy atom. The number of rotatable bonds is 4. The lowest BCUT2D eigenvalue weighted by Crippen LogP contribution is -1.92. The van der Waals surface area contributed by atoms with Crippen LogP contribution in [0.3, 0.4) is 0 Å². The molecule has 0 saturated heterocycles. The topological polar surface area (TPSA) is 0 Å². The van der Waals surface area contributed by atoms with Gasteiger partial charge in [-0.3, -0.25) is 0 Å². The van der Waals surface area contributed by atoms with E-state index in [-0.39, 0.29) is 0 Å². The van der Waals surface area contributed by atoms with E-state index in [1.807, 2.05) is 0 Å². The van der Waals surface area contributed by atoms with Crippen molar-refractivity contribution in [2.75, 3.05) is 0 Å². The van der Waals surface area contributed by atoms with Gasteiger partial charge < -0.3 is 0 Å². The predicted octanol–water partition coefficient (Wildman–Crippen LogP) is 11.8. The highest BCUT2D eigenvalue weighted by atomic mass is 14.2. The first-order chi connectivity index (χ1) is 20.8. The molecule has 0 nitrogen and oxygen atoms in total. The van der Waals surface area contributed by atoms with Crippen molar-refractivity contribution < 1.29 is 0 Å². The molecule has 0 atom stereocenters. The largest absolute Gasteiger partial charge is 0.0622 e. The number of hydrogen-bond acceptors (Lipinski definition) is 0. The second-order valence-electron chi connectivity index (χ2n) is 10.9. The normalized spacial score (nSPS) is 11.3. The van der Waals surface area contributed by atoms with E-state index in [1.165, 1.54) is 76.8 Å². The fourth-order valence-electron chi connectivity index (χ4n) is 6.52. The molecule has 8 rings (SSSR count). The molecule has 0 spiro atoms. The molecule has 0 unspecified atom stereocenters. The second-order valence-corrected chi connectivity index (χ2v) is 10.9. The Hall–Kier alpha value is -5.46. The van der Waals surface area contributed by atoms with E-state index >= 15 is 0 Å². The molecule has 0 radical (unpaired) electrons. The molecular weight excluding hydrogens is 504 g/mol. The maximum Gasteiger partial charge on any atom is -0.00201 e. The van der Waals surface area contributed by atoms with E-state index in [0.29, 0.717) is 0 Å². The fraction of sp³-hybridized carbons (Fsp3) is 0. The summed E-state index contributed by atoms with van der Waals surface area (Å²) in [6, 6.07) is 61.7. The Morgan fingerprint density at radius 2 is 0.714 bits per heavy atom. The minimum Gasteiger partial charge on any atom is -0.0622 e. The molecule has 0 aliphatic rings. The van der Waals surface area contributed by atoms with Crippen molar-refractivity contribution in [2.24, 2.45) is 0 Å².